The molecule has 0 amide bonds. The van der Waals surface area contributed by atoms with Gasteiger partial charge in [0.2, 0.25) is 0 Å². The summed E-state index contributed by atoms with van der Waals surface area (Å²) in [4.78, 5) is 26.9. The summed E-state index contributed by atoms with van der Waals surface area (Å²) in [5, 5.41) is 11.1. The molecule has 3 rings (SSSR count). The fourth-order valence-electron chi connectivity index (χ4n) is 2.15. The van der Waals surface area contributed by atoms with Crippen LogP contribution in [0.3, 0.4) is 0 Å². The topological polar surface area (TPSA) is 78.0 Å². The quantitative estimate of drug-likeness (QED) is 0.545. The van der Waals surface area contributed by atoms with Crippen LogP contribution in [-0.4, -0.2) is 14.5 Å². The Morgan fingerprint density at radius 2 is 1.90 bits per heavy atom. The minimum absolute atomic E-state index is 0.112. The Balaban J connectivity index is 2.10. The SMILES string of the molecule is O=c1c2cc([N+](=O)[O-])ccc2ncn1Cc1ccccc1. The zero-order valence-electron chi connectivity index (χ0n) is 11.0. The van der Waals surface area contributed by atoms with Crippen LogP contribution in [0.15, 0.2) is 59.7 Å². The molecule has 1 heterocycles. The summed E-state index contributed by atoms with van der Waals surface area (Å²) < 4.78 is 1.45. The third-order valence-electron chi connectivity index (χ3n) is 3.21. The highest BCUT2D eigenvalue weighted by molar-refractivity contribution is 5.79. The molecule has 6 nitrogen and oxygen atoms in total. The van der Waals surface area contributed by atoms with Crippen LogP contribution >= 0.6 is 0 Å². The van der Waals surface area contributed by atoms with E-state index in [-0.39, 0.29) is 16.6 Å². The molecule has 3 aromatic rings. The van der Waals surface area contributed by atoms with E-state index in [0.29, 0.717) is 12.1 Å². The van der Waals surface area contributed by atoms with Crippen LogP contribution in [0, 0.1) is 10.1 Å². The van der Waals surface area contributed by atoms with E-state index in [1.807, 2.05) is 30.3 Å². The molecular weight excluding hydrogens is 270 g/mol. The van der Waals surface area contributed by atoms with Gasteiger partial charge < -0.3 is 0 Å². The molecule has 0 bridgehead atoms. The van der Waals surface area contributed by atoms with E-state index >= 15 is 0 Å². The summed E-state index contributed by atoms with van der Waals surface area (Å²) in [5.41, 5.74) is 1.02. The lowest BCUT2D eigenvalue weighted by atomic mass is 10.2. The Labute approximate surface area is 119 Å². The maximum atomic E-state index is 12.4. The third-order valence-corrected chi connectivity index (χ3v) is 3.21. The molecule has 1 aromatic heterocycles. The normalized spacial score (nSPS) is 10.7. The van der Waals surface area contributed by atoms with Crippen LogP contribution in [0.1, 0.15) is 5.56 Å². The largest absolute Gasteiger partial charge is 0.294 e. The average molecular weight is 281 g/mol. The number of benzene rings is 2. The van der Waals surface area contributed by atoms with E-state index in [1.165, 1.54) is 29.1 Å². The molecule has 0 aliphatic rings. The molecule has 0 saturated carbocycles. The highest BCUT2D eigenvalue weighted by Crippen LogP contribution is 2.16. The number of nitrogens with zero attached hydrogens (tertiary/aromatic N) is 3. The Morgan fingerprint density at radius 1 is 1.14 bits per heavy atom. The van der Waals surface area contributed by atoms with Gasteiger partial charge in [-0.3, -0.25) is 19.5 Å². The molecule has 6 heteroatoms. The molecule has 0 fully saturated rings. The second kappa shape index (κ2) is 5.16. The van der Waals surface area contributed by atoms with Crippen molar-refractivity contribution in [2.75, 3.05) is 0 Å². The van der Waals surface area contributed by atoms with Gasteiger partial charge in [0, 0.05) is 12.1 Å². The molecule has 0 radical (unpaired) electrons. The first kappa shape index (κ1) is 13.0. The molecule has 0 aliphatic carbocycles. The summed E-state index contributed by atoms with van der Waals surface area (Å²) >= 11 is 0. The van der Waals surface area contributed by atoms with Crippen molar-refractivity contribution in [3.63, 3.8) is 0 Å². The van der Waals surface area contributed by atoms with Gasteiger partial charge in [0.25, 0.3) is 11.2 Å². The van der Waals surface area contributed by atoms with Gasteiger partial charge in [-0.2, -0.15) is 0 Å². The van der Waals surface area contributed by atoms with Crippen LogP contribution < -0.4 is 5.56 Å². The summed E-state index contributed by atoms with van der Waals surface area (Å²) in [6.07, 6.45) is 1.46. The van der Waals surface area contributed by atoms with E-state index in [4.69, 9.17) is 0 Å². The van der Waals surface area contributed by atoms with E-state index in [9.17, 15) is 14.9 Å². The number of aromatic nitrogens is 2. The van der Waals surface area contributed by atoms with Crippen molar-refractivity contribution in [1.82, 2.24) is 9.55 Å². The van der Waals surface area contributed by atoms with Gasteiger partial charge >= 0.3 is 0 Å². The molecule has 21 heavy (non-hydrogen) atoms. The number of fused-ring (bicyclic) bond motifs is 1. The first-order valence-corrected chi connectivity index (χ1v) is 6.32. The molecule has 104 valence electrons. The van der Waals surface area contributed by atoms with Crippen molar-refractivity contribution in [2.45, 2.75) is 6.54 Å². The molecule has 0 spiro atoms. The summed E-state index contributed by atoms with van der Waals surface area (Å²) in [5.74, 6) is 0. The van der Waals surface area contributed by atoms with Gasteiger partial charge in [-0.05, 0) is 11.6 Å². The van der Waals surface area contributed by atoms with E-state index in [1.54, 1.807) is 0 Å². The number of nitro benzene ring substituents is 1. The third kappa shape index (κ3) is 2.51. The number of hydrogen-bond acceptors (Lipinski definition) is 4. The smallest absolute Gasteiger partial charge is 0.270 e. The number of rotatable bonds is 3. The first-order chi connectivity index (χ1) is 10.1. The van der Waals surface area contributed by atoms with Gasteiger partial charge in [0.1, 0.15) is 0 Å². The molecule has 0 aliphatic heterocycles. The van der Waals surface area contributed by atoms with Crippen molar-refractivity contribution >= 4 is 16.6 Å². The van der Waals surface area contributed by atoms with Gasteiger partial charge in [0.15, 0.2) is 0 Å². The summed E-state index contributed by atoms with van der Waals surface area (Å²) in [6, 6.07) is 13.6. The number of non-ortho nitro benzene ring substituents is 1. The van der Waals surface area contributed by atoms with E-state index < -0.39 is 4.92 Å². The fraction of sp³-hybridized carbons (Fsp3) is 0.0667. The van der Waals surface area contributed by atoms with Gasteiger partial charge in [-0.1, -0.05) is 30.3 Å². The molecule has 0 atom stereocenters. The van der Waals surface area contributed by atoms with Crippen molar-refractivity contribution in [2.24, 2.45) is 0 Å². The Bertz CT molecular complexity index is 872. The molecule has 2 aromatic carbocycles. The van der Waals surface area contributed by atoms with E-state index in [2.05, 4.69) is 4.98 Å². The lowest BCUT2D eigenvalue weighted by molar-refractivity contribution is -0.384. The highest BCUT2D eigenvalue weighted by atomic mass is 16.6. The van der Waals surface area contributed by atoms with Crippen LogP contribution in [0.2, 0.25) is 0 Å². The lowest BCUT2D eigenvalue weighted by Crippen LogP contribution is -2.21. The van der Waals surface area contributed by atoms with Crippen molar-refractivity contribution in [3.8, 4) is 0 Å². The highest BCUT2D eigenvalue weighted by Gasteiger charge is 2.10. The van der Waals surface area contributed by atoms with Crippen molar-refractivity contribution in [3.05, 3.63) is 80.9 Å². The van der Waals surface area contributed by atoms with Crippen LogP contribution in [0.25, 0.3) is 10.9 Å². The van der Waals surface area contributed by atoms with Crippen LogP contribution in [0.5, 0.6) is 0 Å². The zero-order valence-corrected chi connectivity index (χ0v) is 11.0. The Hall–Kier alpha value is -3.02. The van der Waals surface area contributed by atoms with Gasteiger partial charge in [-0.15, -0.1) is 0 Å². The van der Waals surface area contributed by atoms with Crippen molar-refractivity contribution < 1.29 is 4.92 Å². The Kier molecular flexibility index (Phi) is 3.19. The second-order valence-corrected chi connectivity index (χ2v) is 4.62. The fourth-order valence-corrected chi connectivity index (χ4v) is 2.15. The van der Waals surface area contributed by atoms with Crippen LogP contribution in [0.4, 0.5) is 5.69 Å². The minimum atomic E-state index is -0.520. The molecule has 0 saturated heterocycles. The molecular formula is C15H11N3O3. The molecule has 0 unspecified atom stereocenters. The predicted molar refractivity (Wildman–Crippen MR) is 78.2 cm³/mol. The number of hydrogen-bond donors (Lipinski definition) is 0. The van der Waals surface area contributed by atoms with Gasteiger partial charge in [-0.25, -0.2) is 4.98 Å². The lowest BCUT2D eigenvalue weighted by Gasteiger charge is -2.06. The average Bonchev–Trinajstić information content (AvgIpc) is 2.51. The maximum Gasteiger partial charge on any atom is 0.270 e. The standard InChI is InChI=1S/C15H11N3O3/c19-15-13-8-12(18(20)21)6-7-14(13)16-10-17(15)9-11-4-2-1-3-5-11/h1-8,10H,9H2. The predicted octanol–water partition coefficient (Wildman–Crippen LogP) is 2.35. The van der Waals surface area contributed by atoms with E-state index in [0.717, 1.165) is 5.56 Å². The zero-order chi connectivity index (χ0) is 14.8. The maximum absolute atomic E-state index is 12.4. The second-order valence-electron chi connectivity index (χ2n) is 4.62. The summed E-state index contributed by atoms with van der Waals surface area (Å²) in [6.45, 7) is 0.380. The van der Waals surface area contributed by atoms with Crippen molar-refractivity contribution in [1.29, 1.82) is 0 Å². The minimum Gasteiger partial charge on any atom is -0.294 e. The van der Waals surface area contributed by atoms with Gasteiger partial charge in [0.05, 0.1) is 28.7 Å². The van der Waals surface area contributed by atoms with Crippen LogP contribution in [-0.2, 0) is 6.54 Å². The Morgan fingerprint density at radius 3 is 2.62 bits per heavy atom. The monoisotopic (exact) mass is 281 g/mol. The molecule has 0 N–H and O–H groups in total. The first-order valence-electron chi connectivity index (χ1n) is 6.32. The summed E-state index contributed by atoms with van der Waals surface area (Å²) in [7, 11) is 0. The number of nitro groups is 1.